The number of primary amides is 2. The highest BCUT2D eigenvalue weighted by atomic mass is 16.4. The first-order chi connectivity index (χ1) is 17.3. The van der Waals surface area contributed by atoms with Crippen molar-refractivity contribution in [3.8, 4) is 0 Å². The zero-order valence-corrected chi connectivity index (χ0v) is 20.9. The van der Waals surface area contributed by atoms with Crippen molar-refractivity contribution in [2.45, 2.75) is 76.5 Å². The lowest BCUT2D eigenvalue weighted by atomic mass is 10.0. The fourth-order valence-corrected chi connectivity index (χ4v) is 3.35. The van der Waals surface area contributed by atoms with Crippen LogP contribution < -0.4 is 33.2 Å². The number of hydrogen-bond donors (Lipinski definition) is 8. The molecule has 206 valence electrons. The summed E-state index contributed by atoms with van der Waals surface area (Å²) >= 11 is 0. The SMILES string of the molecule is CC(C)CC(NC(=O)C(CCC(N)=O)NC(=O)C(N)Cc1cnc[nH]1)C(=O)NC(CCC(N)=O)C(=O)O. The monoisotopic (exact) mass is 524 g/mol. The van der Waals surface area contributed by atoms with Crippen molar-refractivity contribution in [2.24, 2.45) is 23.1 Å². The predicted octanol–water partition coefficient (Wildman–Crippen LogP) is -2.60. The molecule has 0 aliphatic rings. The number of carbonyl (C=O) groups excluding carboxylic acids is 5. The van der Waals surface area contributed by atoms with Crippen LogP contribution in [0, 0.1) is 5.92 Å². The normalized spacial score (nSPS) is 14.2. The second kappa shape index (κ2) is 15.2. The first-order valence-electron chi connectivity index (χ1n) is 11.7. The van der Waals surface area contributed by atoms with Crippen LogP contribution in [-0.4, -0.2) is 74.7 Å². The van der Waals surface area contributed by atoms with Crippen LogP contribution in [0.3, 0.4) is 0 Å². The summed E-state index contributed by atoms with van der Waals surface area (Å²) in [4.78, 5) is 79.1. The quantitative estimate of drug-likeness (QED) is 0.106. The lowest BCUT2D eigenvalue weighted by Gasteiger charge is -2.26. The Morgan fingerprint density at radius 2 is 1.41 bits per heavy atom. The summed E-state index contributed by atoms with van der Waals surface area (Å²) in [5.74, 6) is -5.16. The number of amides is 5. The third kappa shape index (κ3) is 12.0. The summed E-state index contributed by atoms with van der Waals surface area (Å²) in [7, 11) is 0. The lowest BCUT2D eigenvalue weighted by Crippen LogP contribution is -2.57. The van der Waals surface area contributed by atoms with E-state index < -0.39 is 59.7 Å². The third-order valence-electron chi connectivity index (χ3n) is 5.28. The fraction of sp³-hybridized carbons (Fsp3) is 0.591. The first-order valence-corrected chi connectivity index (χ1v) is 11.7. The molecule has 0 spiro atoms. The van der Waals surface area contributed by atoms with E-state index in [0.29, 0.717) is 5.69 Å². The predicted molar refractivity (Wildman–Crippen MR) is 130 cm³/mol. The number of hydrogen-bond acceptors (Lipinski definition) is 8. The zero-order chi connectivity index (χ0) is 28.1. The Hall–Kier alpha value is -4.01. The van der Waals surface area contributed by atoms with Crippen LogP contribution in [0.2, 0.25) is 0 Å². The number of nitrogens with zero attached hydrogens (tertiary/aromatic N) is 1. The molecular formula is C22H36N8O7. The van der Waals surface area contributed by atoms with Gasteiger partial charge in [0.2, 0.25) is 29.5 Å². The van der Waals surface area contributed by atoms with Crippen LogP contribution in [0.25, 0.3) is 0 Å². The summed E-state index contributed by atoms with van der Waals surface area (Å²) in [6, 6.07) is -4.87. The van der Waals surface area contributed by atoms with E-state index >= 15 is 0 Å². The van der Waals surface area contributed by atoms with E-state index in [-0.39, 0.29) is 44.4 Å². The zero-order valence-electron chi connectivity index (χ0n) is 20.9. The molecule has 1 aromatic heterocycles. The van der Waals surface area contributed by atoms with Crippen LogP contribution in [0.1, 0.15) is 51.6 Å². The lowest BCUT2D eigenvalue weighted by molar-refractivity contribution is -0.142. The first kappa shape index (κ1) is 31.0. The van der Waals surface area contributed by atoms with Gasteiger partial charge in [-0.15, -0.1) is 0 Å². The summed E-state index contributed by atoms with van der Waals surface area (Å²) in [5.41, 5.74) is 16.8. The Balaban J connectivity index is 2.98. The van der Waals surface area contributed by atoms with Crippen LogP contribution in [0.4, 0.5) is 0 Å². The van der Waals surface area contributed by atoms with Gasteiger partial charge in [0.15, 0.2) is 0 Å². The van der Waals surface area contributed by atoms with E-state index in [9.17, 15) is 33.9 Å². The molecule has 4 atom stereocenters. The molecule has 37 heavy (non-hydrogen) atoms. The number of rotatable bonds is 17. The molecule has 0 aliphatic heterocycles. The van der Waals surface area contributed by atoms with Gasteiger partial charge in [-0.2, -0.15) is 0 Å². The van der Waals surface area contributed by atoms with Gasteiger partial charge in [-0.3, -0.25) is 24.0 Å². The maximum atomic E-state index is 13.1. The number of carboxylic acids is 1. The summed E-state index contributed by atoms with van der Waals surface area (Å²) in [5, 5.41) is 16.7. The number of nitrogens with two attached hydrogens (primary N) is 3. The third-order valence-corrected chi connectivity index (χ3v) is 5.28. The molecule has 5 amide bonds. The highest BCUT2D eigenvalue weighted by Gasteiger charge is 2.31. The fourth-order valence-electron chi connectivity index (χ4n) is 3.35. The number of imidazole rings is 1. The molecule has 15 nitrogen and oxygen atoms in total. The van der Waals surface area contributed by atoms with Gasteiger partial charge < -0.3 is 43.2 Å². The van der Waals surface area contributed by atoms with Crippen LogP contribution in [0.15, 0.2) is 12.5 Å². The summed E-state index contributed by atoms with van der Waals surface area (Å²) in [6.07, 6.45) is 2.27. The van der Waals surface area contributed by atoms with Gasteiger partial charge in [0.1, 0.15) is 18.1 Å². The molecule has 0 bridgehead atoms. The molecule has 1 heterocycles. The number of carboxylic acid groups (broad SMARTS) is 1. The van der Waals surface area contributed by atoms with Crippen molar-refractivity contribution in [3.63, 3.8) is 0 Å². The topological polar surface area (TPSA) is 265 Å². The van der Waals surface area contributed by atoms with Gasteiger partial charge in [-0.05, 0) is 25.2 Å². The molecular weight excluding hydrogens is 488 g/mol. The highest BCUT2D eigenvalue weighted by molar-refractivity contribution is 5.94. The van der Waals surface area contributed by atoms with Crippen molar-refractivity contribution < 1.29 is 33.9 Å². The molecule has 4 unspecified atom stereocenters. The number of aromatic amines is 1. The molecule has 0 saturated carbocycles. The number of carbonyl (C=O) groups is 6. The number of aliphatic carboxylic acids is 1. The largest absolute Gasteiger partial charge is 0.480 e. The Morgan fingerprint density at radius 1 is 0.892 bits per heavy atom. The van der Waals surface area contributed by atoms with Gasteiger partial charge in [-0.25, -0.2) is 9.78 Å². The maximum absolute atomic E-state index is 13.1. The van der Waals surface area contributed by atoms with E-state index in [1.54, 1.807) is 13.8 Å². The second-order valence-electron chi connectivity index (χ2n) is 9.05. The van der Waals surface area contributed by atoms with Crippen molar-refractivity contribution in [1.29, 1.82) is 0 Å². The minimum Gasteiger partial charge on any atom is -0.480 e. The van der Waals surface area contributed by atoms with E-state index in [2.05, 4.69) is 25.9 Å². The van der Waals surface area contributed by atoms with Gasteiger partial charge in [0.25, 0.3) is 0 Å². The van der Waals surface area contributed by atoms with Crippen LogP contribution in [0.5, 0.6) is 0 Å². The molecule has 0 saturated heterocycles. The molecule has 15 heteroatoms. The van der Waals surface area contributed by atoms with Crippen LogP contribution >= 0.6 is 0 Å². The average molecular weight is 525 g/mol. The van der Waals surface area contributed by atoms with E-state index in [1.807, 2.05) is 0 Å². The van der Waals surface area contributed by atoms with Crippen LogP contribution in [-0.2, 0) is 35.2 Å². The maximum Gasteiger partial charge on any atom is 0.326 e. The summed E-state index contributed by atoms with van der Waals surface area (Å²) < 4.78 is 0. The Kier molecular flexibility index (Phi) is 12.7. The highest BCUT2D eigenvalue weighted by Crippen LogP contribution is 2.09. The van der Waals surface area contributed by atoms with E-state index in [1.165, 1.54) is 12.5 Å². The average Bonchev–Trinajstić information content (AvgIpc) is 3.30. The molecule has 0 aromatic carbocycles. The minimum absolute atomic E-state index is 0.0913. The molecule has 11 N–H and O–H groups in total. The Bertz CT molecular complexity index is 951. The van der Waals surface area contributed by atoms with Gasteiger partial charge in [0.05, 0.1) is 12.4 Å². The Labute approximate surface area is 213 Å². The Morgan fingerprint density at radius 3 is 1.89 bits per heavy atom. The van der Waals surface area contributed by atoms with Crippen molar-refractivity contribution in [2.75, 3.05) is 0 Å². The second-order valence-corrected chi connectivity index (χ2v) is 9.05. The summed E-state index contributed by atoms with van der Waals surface area (Å²) in [6.45, 7) is 3.57. The van der Waals surface area contributed by atoms with Crippen molar-refractivity contribution >= 4 is 35.5 Å². The minimum atomic E-state index is -1.41. The van der Waals surface area contributed by atoms with E-state index in [4.69, 9.17) is 17.2 Å². The smallest absolute Gasteiger partial charge is 0.326 e. The van der Waals surface area contributed by atoms with Crippen molar-refractivity contribution in [3.05, 3.63) is 18.2 Å². The van der Waals surface area contributed by atoms with E-state index in [0.717, 1.165) is 0 Å². The number of H-pyrrole nitrogens is 1. The van der Waals surface area contributed by atoms with Crippen molar-refractivity contribution in [1.82, 2.24) is 25.9 Å². The molecule has 1 aromatic rings. The van der Waals surface area contributed by atoms with Gasteiger partial charge in [0, 0.05) is 31.2 Å². The number of nitrogens with one attached hydrogen (secondary N) is 4. The molecule has 0 fully saturated rings. The molecule has 1 rings (SSSR count). The molecule has 0 radical (unpaired) electrons. The molecule has 0 aliphatic carbocycles. The van der Waals surface area contributed by atoms with Gasteiger partial charge in [-0.1, -0.05) is 13.8 Å². The van der Waals surface area contributed by atoms with Gasteiger partial charge >= 0.3 is 5.97 Å². The number of aromatic nitrogens is 2. The standard InChI is InChI=1S/C22H36N8O7/c1-11(2)7-16(21(35)29-15(22(36)37)4-6-18(25)32)30-20(34)14(3-5-17(24)31)28-19(33)13(23)8-12-9-26-10-27-12/h9-11,13-16H,3-8,23H2,1-2H3,(H2,24,31)(H2,25,32)(H,26,27)(H,28,33)(H,29,35)(H,30,34)(H,36,37).